The van der Waals surface area contributed by atoms with Gasteiger partial charge in [-0.2, -0.15) is 0 Å². The highest BCUT2D eigenvalue weighted by Gasteiger charge is 2.19. The second-order valence-electron chi connectivity index (χ2n) is 7.95. The number of amides is 2. The van der Waals surface area contributed by atoms with Gasteiger partial charge in [-0.05, 0) is 42.8 Å². The van der Waals surface area contributed by atoms with E-state index in [-0.39, 0.29) is 17.5 Å². The van der Waals surface area contributed by atoms with Crippen LogP contribution in [0.5, 0.6) is 0 Å². The van der Waals surface area contributed by atoms with E-state index < -0.39 is 0 Å². The van der Waals surface area contributed by atoms with Crippen LogP contribution in [0.1, 0.15) is 5.56 Å². The lowest BCUT2D eigenvalue weighted by atomic mass is 10.0. The smallest absolute Gasteiger partial charge is 0.333 e. The van der Waals surface area contributed by atoms with Gasteiger partial charge in [0.2, 0.25) is 0 Å². The number of carbonyl (C=O) groups excluding carboxylic acids is 1. The van der Waals surface area contributed by atoms with Crippen molar-refractivity contribution in [3.8, 4) is 16.8 Å². The summed E-state index contributed by atoms with van der Waals surface area (Å²) in [7, 11) is 3.21. The van der Waals surface area contributed by atoms with Crippen molar-refractivity contribution >= 4 is 33.7 Å². The average Bonchev–Trinajstić information content (AvgIpc) is 3.11. The molecule has 170 valence electrons. The molecule has 5 rings (SSSR count). The molecule has 0 unspecified atom stereocenters. The summed E-state index contributed by atoms with van der Waals surface area (Å²) in [4.78, 5) is 33.7. The van der Waals surface area contributed by atoms with Crippen LogP contribution in [0.15, 0.2) is 65.8 Å². The molecule has 0 fully saturated rings. The Morgan fingerprint density at radius 1 is 1.06 bits per heavy atom. The van der Waals surface area contributed by atoms with Crippen molar-refractivity contribution < 1.29 is 9.18 Å². The first-order valence-corrected chi connectivity index (χ1v) is 10.6. The molecule has 0 bridgehead atoms. The third kappa shape index (κ3) is 3.38. The average molecular weight is 456 g/mol. The van der Waals surface area contributed by atoms with Crippen molar-refractivity contribution in [2.75, 3.05) is 12.4 Å². The number of anilines is 1. The van der Waals surface area contributed by atoms with Crippen LogP contribution in [0.25, 0.3) is 38.8 Å². The molecule has 0 atom stereocenters. The number of fused-ring (bicyclic) bond motifs is 3. The van der Waals surface area contributed by atoms with Crippen LogP contribution in [0, 0.1) is 12.7 Å². The summed E-state index contributed by atoms with van der Waals surface area (Å²) in [6, 6.07) is 11.9. The molecule has 0 aliphatic heterocycles. The lowest BCUT2D eigenvalue weighted by Gasteiger charge is -2.11. The Kier molecular flexibility index (Phi) is 5.09. The summed E-state index contributed by atoms with van der Waals surface area (Å²) >= 11 is 0. The molecule has 0 saturated heterocycles. The molecule has 5 aromatic rings. The Labute approximate surface area is 193 Å². The largest absolute Gasteiger partial charge is 0.341 e. The van der Waals surface area contributed by atoms with Gasteiger partial charge in [0.1, 0.15) is 5.82 Å². The van der Waals surface area contributed by atoms with Crippen molar-refractivity contribution in [2.24, 2.45) is 7.05 Å². The highest BCUT2D eigenvalue weighted by Crippen LogP contribution is 2.31. The molecular weight excluding hydrogens is 435 g/mol. The van der Waals surface area contributed by atoms with E-state index in [1.165, 1.54) is 22.2 Å². The highest BCUT2D eigenvalue weighted by atomic mass is 19.1. The minimum atomic E-state index is -0.382. The van der Waals surface area contributed by atoms with Gasteiger partial charge in [-0.3, -0.25) is 19.1 Å². The first-order valence-electron chi connectivity index (χ1n) is 10.6. The van der Waals surface area contributed by atoms with Crippen LogP contribution in [0.2, 0.25) is 0 Å². The summed E-state index contributed by atoms with van der Waals surface area (Å²) in [5, 5.41) is 5.96. The fourth-order valence-corrected chi connectivity index (χ4v) is 4.10. The van der Waals surface area contributed by atoms with Gasteiger partial charge in [-0.1, -0.05) is 12.1 Å². The van der Waals surface area contributed by atoms with Gasteiger partial charge < -0.3 is 10.6 Å². The Morgan fingerprint density at radius 3 is 2.68 bits per heavy atom. The second kappa shape index (κ2) is 8.11. The second-order valence-corrected chi connectivity index (χ2v) is 7.95. The maximum absolute atomic E-state index is 14.4. The van der Waals surface area contributed by atoms with Gasteiger partial charge in [0.15, 0.2) is 0 Å². The number of aryl methyl sites for hydroxylation is 1. The van der Waals surface area contributed by atoms with E-state index in [0.29, 0.717) is 33.5 Å². The van der Waals surface area contributed by atoms with Gasteiger partial charge in [-0.25, -0.2) is 14.0 Å². The van der Waals surface area contributed by atoms with E-state index in [0.717, 1.165) is 16.5 Å². The number of nitrogens with zero attached hydrogens (tertiary/aromatic N) is 4. The number of halogens is 1. The Bertz CT molecular complexity index is 1650. The van der Waals surface area contributed by atoms with E-state index in [2.05, 4.69) is 20.6 Å². The van der Waals surface area contributed by atoms with E-state index in [4.69, 9.17) is 0 Å². The van der Waals surface area contributed by atoms with Crippen LogP contribution < -0.4 is 16.3 Å². The summed E-state index contributed by atoms with van der Waals surface area (Å²) in [6.07, 6.45) is 4.90. The van der Waals surface area contributed by atoms with Crippen molar-refractivity contribution in [3.05, 3.63) is 82.9 Å². The molecule has 0 aliphatic rings. The number of benzene rings is 2. The number of hydrogen-bond donors (Lipinski definition) is 2. The lowest BCUT2D eigenvalue weighted by molar-refractivity contribution is 0.254. The molecule has 0 saturated carbocycles. The van der Waals surface area contributed by atoms with Gasteiger partial charge in [0.25, 0.3) is 0 Å². The van der Waals surface area contributed by atoms with Crippen molar-refractivity contribution in [2.45, 2.75) is 6.92 Å². The lowest BCUT2D eigenvalue weighted by Crippen LogP contribution is -2.24. The number of aromatic nitrogens is 4. The Hall–Kier alpha value is -4.53. The normalized spacial score (nSPS) is 11.2. The number of hydrogen-bond acceptors (Lipinski definition) is 4. The standard InChI is InChI=1S/C25H21FN6O2/c1-14-19(26)5-4-6-21(14)32-23-18-10-15(16-9-17(12-28-11-16)30-24(33)27-2)7-8-20(18)29-13-22(23)31(3)25(32)34/h4-13H,1-3H3,(H2,27,30,33). The van der Waals surface area contributed by atoms with E-state index >= 15 is 0 Å². The third-order valence-corrected chi connectivity index (χ3v) is 5.92. The van der Waals surface area contributed by atoms with Crippen molar-refractivity contribution in [1.29, 1.82) is 0 Å². The molecule has 9 heteroatoms. The molecule has 8 nitrogen and oxygen atoms in total. The maximum Gasteiger partial charge on any atom is 0.333 e. The van der Waals surface area contributed by atoms with E-state index in [9.17, 15) is 14.0 Å². The first-order chi connectivity index (χ1) is 16.4. The maximum atomic E-state index is 14.4. The van der Waals surface area contributed by atoms with Gasteiger partial charge in [0.05, 0.1) is 40.3 Å². The molecule has 2 amide bonds. The topological polar surface area (TPSA) is 93.8 Å². The van der Waals surface area contributed by atoms with Gasteiger partial charge >= 0.3 is 11.7 Å². The fourth-order valence-electron chi connectivity index (χ4n) is 4.10. The number of rotatable bonds is 3. The molecular formula is C25H21FN6O2. The van der Waals surface area contributed by atoms with Crippen LogP contribution >= 0.6 is 0 Å². The summed E-state index contributed by atoms with van der Waals surface area (Å²) in [6.45, 7) is 1.65. The molecule has 34 heavy (non-hydrogen) atoms. The molecule has 0 spiro atoms. The highest BCUT2D eigenvalue weighted by molar-refractivity contribution is 6.04. The zero-order chi connectivity index (χ0) is 24.0. The molecule has 0 aliphatic carbocycles. The SMILES string of the molecule is CNC(=O)Nc1cncc(-c2ccc3ncc4c(c3c2)n(-c2cccc(F)c2C)c(=O)n4C)c1. The minimum absolute atomic E-state index is 0.290. The Balaban J connectivity index is 1.78. The third-order valence-electron chi connectivity index (χ3n) is 5.92. The summed E-state index contributed by atoms with van der Waals surface area (Å²) < 4.78 is 17.4. The van der Waals surface area contributed by atoms with E-state index in [1.54, 1.807) is 44.7 Å². The number of urea groups is 1. The number of nitrogens with one attached hydrogen (secondary N) is 2. The number of carbonyl (C=O) groups is 1. The number of imidazole rings is 1. The Morgan fingerprint density at radius 2 is 1.88 bits per heavy atom. The zero-order valence-corrected chi connectivity index (χ0v) is 18.8. The van der Waals surface area contributed by atoms with Crippen molar-refractivity contribution in [1.82, 2.24) is 24.4 Å². The molecule has 0 radical (unpaired) electrons. The summed E-state index contributed by atoms with van der Waals surface area (Å²) in [5.74, 6) is -0.382. The molecule has 3 aromatic heterocycles. The van der Waals surface area contributed by atoms with Crippen LogP contribution in [0.3, 0.4) is 0 Å². The zero-order valence-electron chi connectivity index (χ0n) is 18.8. The fraction of sp³-hybridized carbons (Fsp3) is 0.120. The number of pyridine rings is 2. The van der Waals surface area contributed by atoms with Crippen LogP contribution in [-0.4, -0.2) is 32.2 Å². The van der Waals surface area contributed by atoms with E-state index in [1.807, 2.05) is 24.3 Å². The first kappa shape index (κ1) is 21.3. The predicted octanol–water partition coefficient (Wildman–Crippen LogP) is 4.14. The van der Waals surface area contributed by atoms with Crippen molar-refractivity contribution in [3.63, 3.8) is 0 Å². The quantitative estimate of drug-likeness (QED) is 0.427. The summed E-state index contributed by atoms with van der Waals surface area (Å²) in [5.41, 5.74) is 4.68. The van der Waals surface area contributed by atoms with Crippen LogP contribution in [0.4, 0.5) is 14.9 Å². The van der Waals surface area contributed by atoms with Gasteiger partial charge in [0, 0.05) is 36.8 Å². The monoisotopic (exact) mass is 456 g/mol. The molecule has 2 N–H and O–H groups in total. The predicted molar refractivity (Wildman–Crippen MR) is 130 cm³/mol. The minimum Gasteiger partial charge on any atom is -0.341 e. The molecule has 3 heterocycles. The molecule has 2 aromatic carbocycles. The van der Waals surface area contributed by atoms with Gasteiger partial charge in [-0.15, -0.1) is 0 Å². The van der Waals surface area contributed by atoms with Crippen LogP contribution in [-0.2, 0) is 7.05 Å².